The van der Waals surface area contributed by atoms with Crippen LogP contribution in [-0.2, 0) is 59.0 Å². The molecular formula is C54H78N8O15S. The predicted molar refractivity (Wildman–Crippen MR) is 288 cm³/mol. The first-order valence-corrected chi connectivity index (χ1v) is 27.3. The Morgan fingerprint density at radius 1 is 0.859 bits per heavy atom. The van der Waals surface area contributed by atoms with Crippen molar-refractivity contribution in [2.24, 2.45) is 23.5 Å². The highest BCUT2D eigenvalue weighted by atomic mass is 32.2. The second-order valence-electron chi connectivity index (χ2n) is 20.2. The Kier molecular flexibility index (Phi) is 24.5. The molecule has 1 unspecified atom stereocenters. The van der Waals surface area contributed by atoms with Gasteiger partial charge in [-0.3, -0.25) is 38.4 Å². The number of esters is 2. The van der Waals surface area contributed by atoms with Gasteiger partial charge in [0.25, 0.3) is 0 Å². The molecule has 0 saturated carbocycles. The number of rotatable bonds is 14. The third-order valence-corrected chi connectivity index (χ3v) is 15.0. The molecule has 23 nitrogen and oxygen atoms in total. The number of likely N-dealkylation sites (N-methyl/N-ethyl adjacent to an activating group) is 1. The van der Waals surface area contributed by atoms with E-state index in [-0.39, 0.29) is 29.9 Å². The summed E-state index contributed by atoms with van der Waals surface area (Å²) in [5, 5.41) is 49.1. The molecule has 1 fully saturated rings. The molecule has 430 valence electrons. The highest BCUT2D eigenvalue weighted by molar-refractivity contribution is 7.99. The van der Waals surface area contributed by atoms with Crippen LogP contribution in [0.4, 0.5) is 0 Å². The lowest BCUT2D eigenvalue weighted by atomic mass is 9.93. The van der Waals surface area contributed by atoms with Crippen molar-refractivity contribution in [2.75, 3.05) is 38.2 Å². The molecule has 1 saturated heterocycles. The molecule has 5 rings (SSSR count). The monoisotopic (exact) mass is 1110 g/mol. The van der Waals surface area contributed by atoms with Gasteiger partial charge >= 0.3 is 11.9 Å². The number of hydrogen-bond acceptors (Lipinski definition) is 17. The van der Waals surface area contributed by atoms with E-state index < -0.39 is 150 Å². The summed E-state index contributed by atoms with van der Waals surface area (Å²) in [6.45, 7) is 10.7. The summed E-state index contributed by atoms with van der Waals surface area (Å²) in [4.78, 5) is 129. The van der Waals surface area contributed by atoms with Crippen molar-refractivity contribution in [2.45, 2.75) is 141 Å². The largest absolute Gasteiger partial charge is 0.487 e. The van der Waals surface area contributed by atoms with Crippen molar-refractivity contribution in [1.29, 1.82) is 0 Å². The fourth-order valence-corrected chi connectivity index (χ4v) is 9.50. The molecule has 13 atom stereocenters. The average molecular weight is 1110 g/mol. The summed E-state index contributed by atoms with van der Waals surface area (Å²) >= 11 is 1.35. The Morgan fingerprint density at radius 3 is 2.12 bits per heavy atom. The molecule has 4 bridgehead atoms. The van der Waals surface area contributed by atoms with Gasteiger partial charge in [-0.15, -0.1) is 0 Å². The van der Waals surface area contributed by atoms with Crippen molar-refractivity contribution in [3.63, 3.8) is 0 Å². The quantitative estimate of drug-likeness (QED) is 0.0857. The van der Waals surface area contributed by atoms with Gasteiger partial charge in [0.2, 0.25) is 41.4 Å². The van der Waals surface area contributed by atoms with Gasteiger partial charge in [0.1, 0.15) is 66.9 Å². The third kappa shape index (κ3) is 18.0. The van der Waals surface area contributed by atoms with Gasteiger partial charge < -0.3 is 72.1 Å². The van der Waals surface area contributed by atoms with Gasteiger partial charge in [0.15, 0.2) is 6.04 Å². The van der Waals surface area contributed by atoms with Gasteiger partial charge in [0.05, 0.1) is 18.1 Å². The number of ether oxygens (including phenoxy) is 3. The van der Waals surface area contributed by atoms with E-state index in [4.69, 9.17) is 19.9 Å². The van der Waals surface area contributed by atoms with E-state index in [0.717, 1.165) is 11.0 Å². The summed E-state index contributed by atoms with van der Waals surface area (Å²) < 4.78 is 17.4. The number of hydrogen-bond donors (Lipinski definition) is 10. The van der Waals surface area contributed by atoms with Crippen molar-refractivity contribution >= 4 is 65.1 Å². The smallest absolute Gasteiger partial charge is 0.332 e. The Hall–Kier alpha value is -6.60. The van der Waals surface area contributed by atoms with Crippen LogP contribution in [0.5, 0.6) is 5.75 Å². The third-order valence-electron chi connectivity index (χ3n) is 13.7. The van der Waals surface area contributed by atoms with E-state index in [2.05, 4.69) is 31.9 Å². The summed E-state index contributed by atoms with van der Waals surface area (Å²) in [6, 6.07) is 4.22. The van der Waals surface area contributed by atoms with Crippen LogP contribution < -0.4 is 42.4 Å². The van der Waals surface area contributed by atoms with Crippen molar-refractivity contribution in [3.05, 3.63) is 77.9 Å². The molecule has 0 aromatic heterocycles. The number of aliphatic hydroxyl groups is 3. The minimum Gasteiger partial charge on any atom is -0.487 e. The van der Waals surface area contributed by atoms with E-state index >= 15 is 4.79 Å². The Labute approximate surface area is 459 Å². The minimum absolute atomic E-state index is 0.0316. The molecule has 24 heteroatoms. The Balaban J connectivity index is 2.02. The van der Waals surface area contributed by atoms with E-state index in [1.165, 1.54) is 69.9 Å². The molecule has 0 spiro atoms. The van der Waals surface area contributed by atoms with Gasteiger partial charge in [-0.2, -0.15) is 11.8 Å². The molecule has 0 aliphatic carbocycles. The van der Waals surface area contributed by atoms with Crippen molar-refractivity contribution < 1.29 is 72.7 Å². The Bertz CT molecular complexity index is 2430. The molecule has 2 aromatic carbocycles. The molecule has 7 amide bonds. The van der Waals surface area contributed by atoms with Crippen LogP contribution in [0.25, 0.3) is 0 Å². The molecule has 3 aliphatic rings. The van der Waals surface area contributed by atoms with Crippen LogP contribution in [0.15, 0.2) is 66.7 Å². The minimum atomic E-state index is -1.97. The number of thioether (sulfide) groups is 1. The number of nitrogens with two attached hydrogens (primary N) is 1. The number of benzene rings is 2. The number of carbonyl (C=O) groups is 9. The maximum atomic E-state index is 15.3. The van der Waals surface area contributed by atoms with Crippen LogP contribution >= 0.6 is 11.8 Å². The summed E-state index contributed by atoms with van der Waals surface area (Å²) in [5.41, 5.74) is 4.60. The molecule has 3 heterocycles. The topological polar surface area (TPSA) is 343 Å². The first-order valence-electron chi connectivity index (χ1n) is 26.1. The zero-order valence-electron chi connectivity index (χ0n) is 45.7. The number of cyclic esters (lactones) is 1. The average Bonchev–Trinajstić information content (AvgIpc) is 3.42. The Morgan fingerprint density at radius 2 is 1.50 bits per heavy atom. The number of nitrogens with zero attached hydrogens (tertiary/aromatic N) is 1. The predicted octanol–water partition coefficient (Wildman–Crippen LogP) is -0.312. The molecule has 2 aromatic rings. The van der Waals surface area contributed by atoms with Gasteiger partial charge in [-0.1, -0.05) is 83.5 Å². The lowest BCUT2D eigenvalue weighted by Gasteiger charge is -2.34. The lowest BCUT2D eigenvalue weighted by Crippen LogP contribution is -2.61. The molecule has 0 radical (unpaired) electrons. The van der Waals surface area contributed by atoms with Gasteiger partial charge in [-0.05, 0) is 80.7 Å². The fourth-order valence-electron chi connectivity index (χ4n) is 8.33. The second kappa shape index (κ2) is 30.0. The standard InChI is InChI=1S/C54H78N8O15S/c1-10-30(4)42-49(69)61-45-36-17-19-37(20-18-36)77-34(8)54(74,28-78-24-14-23-55)22-21-40(64)56-26-41(65)75-27-38(53(73)76-33(7)44(51(71)58-42)60-47(67)31(5)46(66)29(2)3)57-50(70)43(32(6)63)59-48(68)39(62(9)52(45)72)25-35-15-12-11-13-16-35/h11-13,15-22,29-34,38-39,42-46,63,66,74H,10,14,23-28,55H2,1-9H3,(H,56,64)(H,57,70)(H,58,71)(H,59,68)(H,60,67)(H,61,69)/t30-,31+,32+,33+,34+,38-,39-,42+,43+,44-,45?,46+,54-/m0/s1. The van der Waals surface area contributed by atoms with Gasteiger partial charge in [-0.25, -0.2) is 4.79 Å². The second-order valence-corrected chi connectivity index (χ2v) is 21.3. The van der Waals surface area contributed by atoms with Crippen LogP contribution in [0.1, 0.15) is 85.4 Å². The first-order chi connectivity index (χ1) is 36.8. The summed E-state index contributed by atoms with van der Waals surface area (Å²) in [6.07, 6.45) is -2.63. The fraction of sp³-hybridized carbons (Fsp3) is 0.574. The maximum Gasteiger partial charge on any atom is 0.332 e. The molecule has 11 N–H and O–H groups in total. The summed E-state index contributed by atoms with van der Waals surface area (Å²) in [5.74, 6) is -10.6. The number of carbonyl (C=O) groups excluding carboxylic acids is 9. The van der Waals surface area contributed by atoms with Crippen molar-refractivity contribution in [1.82, 2.24) is 36.8 Å². The molecule has 3 aliphatic heterocycles. The van der Waals surface area contributed by atoms with E-state index in [1.807, 2.05) is 0 Å². The van der Waals surface area contributed by atoms with Crippen molar-refractivity contribution in [3.8, 4) is 5.75 Å². The van der Waals surface area contributed by atoms with Crippen LogP contribution in [0.3, 0.4) is 0 Å². The van der Waals surface area contributed by atoms with Crippen LogP contribution in [0, 0.1) is 17.8 Å². The van der Waals surface area contributed by atoms with Crippen LogP contribution in [-0.4, -0.2) is 172 Å². The lowest BCUT2D eigenvalue weighted by molar-refractivity contribution is -0.160. The summed E-state index contributed by atoms with van der Waals surface area (Å²) in [7, 11) is 1.31. The number of amides is 7. The maximum absolute atomic E-state index is 15.3. The normalized spacial score (nSPS) is 27.2. The van der Waals surface area contributed by atoms with Crippen LogP contribution in [0.2, 0.25) is 0 Å². The highest BCUT2D eigenvalue weighted by Crippen LogP contribution is 2.28. The zero-order chi connectivity index (χ0) is 58.0. The van der Waals surface area contributed by atoms with E-state index in [0.29, 0.717) is 24.3 Å². The number of nitrogens with one attached hydrogen (secondary N) is 6. The SMILES string of the molecule is CC[C@H](C)[C@H]1NC(=O)[C@@H](NC(=O)[C@H](C)[C@H](O)C(C)C)[C@@H](C)OC(=O)[C@@H]2COC(=O)CNC(=O)C=C[C@](O)(CSCCCN)[C@@H](C)Oc3ccc(cc3)C(NC1=O)C(=O)N(C)[C@@H](Cc1ccccc1)C(=O)N[C@H]([C@@H](C)O)C(=O)N2. The van der Waals surface area contributed by atoms with Gasteiger partial charge in [0, 0.05) is 25.3 Å². The van der Waals surface area contributed by atoms with E-state index in [1.54, 1.807) is 65.0 Å². The molecule has 78 heavy (non-hydrogen) atoms. The first kappa shape index (κ1) is 63.9. The van der Waals surface area contributed by atoms with E-state index in [9.17, 15) is 53.7 Å². The number of fused-ring (bicyclic) bond motifs is 11. The zero-order valence-corrected chi connectivity index (χ0v) is 46.5. The highest BCUT2D eigenvalue weighted by Gasteiger charge is 2.42. The molecular weight excluding hydrogens is 1030 g/mol. The number of aliphatic hydroxyl groups excluding tert-OH is 2.